The summed E-state index contributed by atoms with van der Waals surface area (Å²) in [5.41, 5.74) is -7.21. The normalized spacial score (nSPS) is 61.5. The Labute approximate surface area is 229 Å². The Morgan fingerprint density at radius 2 is 1.72 bits per heavy atom. The number of epoxide rings is 1. The van der Waals surface area contributed by atoms with Crippen LogP contribution in [0.15, 0.2) is 12.2 Å². The van der Waals surface area contributed by atoms with Crippen molar-refractivity contribution in [1.29, 1.82) is 0 Å². The zero-order chi connectivity index (χ0) is 28.0. The van der Waals surface area contributed by atoms with Crippen LogP contribution < -0.4 is 0 Å². The minimum atomic E-state index is -2.40. The maximum atomic E-state index is 14.2. The summed E-state index contributed by atoms with van der Waals surface area (Å²) in [5.74, 6) is -4.88. The lowest BCUT2D eigenvalue weighted by Gasteiger charge is -2.61. The maximum Gasteiger partial charge on any atom is 0.284 e. The van der Waals surface area contributed by atoms with Gasteiger partial charge in [0.1, 0.15) is 35.1 Å². The number of Topliss-reactive ketones (excluding diaryl/α,β-unsaturated/α-hetero) is 1. The van der Waals surface area contributed by atoms with E-state index in [2.05, 4.69) is 6.58 Å². The van der Waals surface area contributed by atoms with Gasteiger partial charge in [-0.25, -0.2) is 0 Å². The van der Waals surface area contributed by atoms with Gasteiger partial charge in [0.05, 0.1) is 12.2 Å². The molecule has 0 radical (unpaired) electrons. The SMILES string of the molecule is C=C(C)[C@]12C[C@@H](C)[C@]34OC5(CCCCCCC[C@H](C)[C@@H]6[C@@H]3[C@@](O)(C(=O)[C@@]6(C)O)[C@H](O)[C@@]3(CO)O[C@H]3[C@H]4[C@H]1O5)O2. The summed E-state index contributed by atoms with van der Waals surface area (Å²) in [4.78, 5) is 14.2. The number of hydrogen-bond donors (Lipinski definition) is 4. The Bertz CT molecular complexity index is 1110. The van der Waals surface area contributed by atoms with E-state index in [0.717, 1.165) is 44.1 Å². The van der Waals surface area contributed by atoms with E-state index in [4.69, 9.17) is 18.9 Å². The first-order chi connectivity index (χ1) is 18.3. The highest BCUT2D eigenvalue weighted by Crippen LogP contribution is 2.75. The highest BCUT2D eigenvalue weighted by Gasteiger charge is 2.91. The quantitative estimate of drug-likeness (QED) is 0.301. The fourth-order valence-corrected chi connectivity index (χ4v) is 10.5. The molecule has 4 saturated heterocycles. The van der Waals surface area contributed by atoms with Gasteiger partial charge in [0.15, 0.2) is 11.4 Å². The van der Waals surface area contributed by atoms with Crippen molar-refractivity contribution in [3.05, 3.63) is 12.2 Å². The van der Waals surface area contributed by atoms with Crippen LogP contribution in [0.4, 0.5) is 0 Å². The number of aliphatic hydroxyl groups is 4. The van der Waals surface area contributed by atoms with E-state index in [0.29, 0.717) is 12.8 Å². The lowest BCUT2D eigenvalue weighted by Crippen LogP contribution is -2.73. The third kappa shape index (κ3) is 2.87. The monoisotopic (exact) mass is 548 g/mol. The van der Waals surface area contributed by atoms with Crippen LogP contribution in [0.3, 0.4) is 0 Å². The average Bonchev–Trinajstić information content (AvgIpc) is 3.53. The van der Waals surface area contributed by atoms with Gasteiger partial charge in [0.2, 0.25) is 0 Å². The molecule has 0 amide bonds. The second-order valence-electron chi connectivity index (χ2n) is 14.2. The van der Waals surface area contributed by atoms with Gasteiger partial charge < -0.3 is 39.4 Å². The average molecular weight is 549 g/mol. The number of aliphatic hydroxyl groups excluding tert-OH is 2. The molecule has 39 heavy (non-hydrogen) atoms. The fraction of sp³-hybridized carbons (Fsp3) is 0.900. The molecule has 0 aromatic rings. The smallest absolute Gasteiger partial charge is 0.284 e. The highest BCUT2D eigenvalue weighted by molar-refractivity contribution is 5.99. The minimum Gasteiger partial charge on any atom is -0.393 e. The molecule has 7 rings (SSSR count). The number of ketones is 1. The first kappa shape index (κ1) is 27.0. The van der Waals surface area contributed by atoms with Gasteiger partial charge in [-0.15, -0.1) is 0 Å². The van der Waals surface area contributed by atoms with E-state index in [1.807, 2.05) is 20.8 Å². The number of fused-ring (bicyclic) bond motifs is 1. The molecule has 7 fully saturated rings. The second-order valence-corrected chi connectivity index (χ2v) is 14.2. The van der Waals surface area contributed by atoms with Crippen molar-refractivity contribution in [2.45, 2.75) is 131 Å². The van der Waals surface area contributed by atoms with Crippen LogP contribution in [0.25, 0.3) is 0 Å². The van der Waals surface area contributed by atoms with E-state index in [9.17, 15) is 25.2 Å². The van der Waals surface area contributed by atoms with Crippen LogP contribution in [0.5, 0.6) is 0 Å². The molecule has 9 nitrogen and oxygen atoms in total. The molecule has 0 aromatic carbocycles. The lowest BCUT2D eigenvalue weighted by atomic mass is 9.51. The predicted molar refractivity (Wildman–Crippen MR) is 137 cm³/mol. The molecule has 14 atom stereocenters. The van der Waals surface area contributed by atoms with Crippen molar-refractivity contribution in [1.82, 2.24) is 0 Å². The zero-order valence-corrected chi connectivity index (χ0v) is 23.5. The first-order valence-corrected chi connectivity index (χ1v) is 15.0. The minimum absolute atomic E-state index is 0.146. The predicted octanol–water partition coefficient (Wildman–Crippen LogP) is 1.98. The fourth-order valence-electron chi connectivity index (χ4n) is 10.5. The molecule has 1 unspecified atom stereocenters. The molecule has 3 aliphatic carbocycles. The van der Waals surface area contributed by atoms with Crippen molar-refractivity contribution < 1.29 is 44.2 Å². The molecule has 4 N–H and O–H groups in total. The summed E-state index contributed by atoms with van der Waals surface area (Å²) in [6, 6.07) is 0. The second kappa shape index (κ2) is 7.92. The third-order valence-electron chi connectivity index (χ3n) is 12.2. The molecule has 3 saturated carbocycles. The summed E-state index contributed by atoms with van der Waals surface area (Å²) in [6.07, 6.45) is 3.51. The van der Waals surface area contributed by atoms with Gasteiger partial charge >= 0.3 is 0 Å². The molecule has 9 heteroatoms. The number of ether oxygens (including phenoxy) is 4. The molecular weight excluding hydrogens is 504 g/mol. The van der Waals surface area contributed by atoms with Crippen LogP contribution in [0.2, 0.25) is 0 Å². The van der Waals surface area contributed by atoms with Gasteiger partial charge in [-0.3, -0.25) is 4.79 Å². The van der Waals surface area contributed by atoms with E-state index >= 15 is 0 Å². The third-order valence-corrected chi connectivity index (χ3v) is 12.2. The summed E-state index contributed by atoms with van der Waals surface area (Å²) < 4.78 is 27.0. The van der Waals surface area contributed by atoms with Crippen molar-refractivity contribution in [2.24, 2.45) is 29.6 Å². The Morgan fingerprint density at radius 3 is 2.41 bits per heavy atom. The van der Waals surface area contributed by atoms with Gasteiger partial charge in [0.25, 0.3) is 5.97 Å². The number of rotatable bonds is 2. The van der Waals surface area contributed by atoms with Crippen LogP contribution in [0.1, 0.15) is 79.1 Å². The van der Waals surface area contributed by atoms with E-state index in [-0.39, 0.29) is 11.8 Å². The number of carbonyl (C=O) groups is 1. The topological polar surface area (TPSA) is 138 Å². The van der Waals surface area contributed by atoms with Gasteiger partial charge in [0, 0.05) is 24.2 Å². The standard InChI is InChI=1S/C30H44O9/c1-15(2)26-13-17(4)30-19-21(26)37-28(38-26,39-30)12-10-8-6-7-9-11-16(3)18-20(30)29(35,23(32)25(18,5)34)24(33)27(14-31)22(19)36-27/h16-22,24,31,33-35H,1,6-14H2,2-5H3/t16-,17+,18+,19+,20+,21+,22-,24+,25-,26+,27-,28?,29+,30+/m0/s1. The molecule has 3 bridgehead atoms. The van der Waals surface area contributed by atoms with Crippen LogP contribution >= 0.6 is 0 Å². The van der Waals surface area contributed by atoms with Crippen molar-refractivity contribution in [3.63, 3.8) is 0 Å². The summed E-state index contributed by atoms with van der Waals surface area (Å²) in [7, 11) is 0. The molecule has 218 valence electrons. The van der Waals surface area contributed by atoms with Gasteiger partial charge in [-0.2, -0.15) is 0 Å². The lowest BCUT2D eigenvalue weighted by molar-refractivity contribution is -0.437. The van der Waals surface area contributed by atoms with Crippen LogP contribution in [-0.2, 0) is 23.7 Å². The Morgan fingerprint density at radius 1 is 1.03 bits per heavy atom. The van der Waals surface area contributed by atoms with E-state index in [1.165, 1.54) is 6.92 Å². The Kier molecular flexibility index (Phi) is 5.48. The highest BCUT2D eigenvalue weighted by atomic mass is 16.9. The molecule has 0 aromatic heterocycles. The summed E-state index contributed by atoms with van der Waals surface area (Å²) >= 11 is 0. The molecular formula is C30H44O9. The van der Waals surface area contributed by atoms with Crippen molar-refractivity contribution in [2.75, 3.05) is 6.61 Å². The zero-order valence-electron chi connectivity index (χ0n) is 23.5. The van der Waals surface area contributed by atoms with Crippen molar-refractivity contribution in [3.8, 4) is 0 Å². The molecule has 2 spiro atoms. The van der Waals surface area contributed by atoms with E-state index in [1.54, 1.807) is 0 Å². The molecule has 4 heterocycles. The number of hydrogen-bond acceptors (Lipinski definition) is 9. The van der Waals surface area contributed by atoms with Crippen LogP contribution in [-0.4, -0.2) is 85.1 Å². The van der Waals surface area contributed by atoms with Crippen molar-refractivity contribution >= 4 is 5.78 Å². The van der Waals surface area contributed by atoms with E-state index < -0.39 is 82.4 Å². The summed E-state index contributed by atoms with van der Waals surface area (Å²) in [6.45, 7) is 11.2. The molecule has 7 aliphatic rings. The molecule has 4 aliphatic heterocycles. The van der Waals surface area contributed by atoms with Gasteiger partial charge in [-0.05, 0) is 44.1 Å². The Hall–Kier alpha value is -0.910. The van der Waals surface area contributed by atoms with Gasteiger partial charge in [-0.1, -0.05) is 52.5 Å². The number of carbonyl (C=O) groups excluding carboxylic acids is 1. The largest absolute Gasteiger partial charge is 0.393 e. The Balaban J connectivity index is 1.53. The maximum absolute atomic E-state index is 14.2. The first-order valence-electron chi connectivity index (χ1n) is 15.0. The van der Waals surface area contributed by atoms with Crippen LogP contribution in [0, 0.1) is 29.6 Å². The summed E-state index contributed by atoms with van der Waals surface area (Å²) in [5, 5.41) is 47.2.